The number of hydrogen-bond acceptors (Lipinski definition) is 3. The van der Waals surface area contributed by atoms with Crippen LogP contribution in [0.2, 0.25) is 0 Å². The molecule has 0 fully saturated rings. The lowest BCUT2D eigenvalue weighted by atomic mass is 10.2. The molecule has 1 nitrogen and oxygen atoms in total. The van der Waals surface area contributed by atoms with Crippen molar-refractivity contribution < 1.29 is 17.6 Å². The second-order valence-electron chi connectivity index (χ2n) is 4.23. The topological polar surface area (TPSA) is 12.9 Å². The van der Waals surface area contributed by atoms with Gasteiger partial charge in [0, 0.05) is 5.75 Å². The molecule has 2 aromatic carbocycles. The van der Waals surface area contributed by atoms with E-state index in [0.717, 1.165) is 29.5 Å². The van der Waals surface area contributed by atoms with Gasteiger partial charge in [-0.1, -0.05) is 17.8 Å². The Morgan fingerprint density at radius 2 is 1.71 bits per heavy atom. The van der Waals surface area contributed by atoms with Crippen molar-refractivity contribution in [3.05, 3.63) is 59.2 Å². The van der Waals surface area contributed by atoms with Crippen molar-refractivity contribution in [3.8, 4) is 0 Å². The van der Waals surface area contributed by atoms with Crippen LogP contribution in [0, 0.1) is 23.3 Å². The molecule has 0 spiro atoms. The Bertz CT molecular complexity index is 816. The Hall–Kier alpha value is -1.60. The summed E-state index contributed by atoms with van der Waals surface area (Å²) in [4.78, 5) is 4.18. The summed E-state index contributed by atoms with van der Waals surface area (Å²) in [5.74, 6) is -3.28. The first kappa shape index (κ1) is 14.3. The van der Waals surface area contributed by atoms with Gasteiger partial charge in [0.05, 0.1) is 10.2 Å². The minimum absolute atomic E-state index is 0.155. The quantitative estimate of drug-likeness (QED) is 0.487. The van der Waals surface area contributed by atoms with Crippen LogP contribution in [0.5, 0.6) is 0 Å². The van der Waals surface area contributed by atoms with E-state index in [1.807, 2.05) is 0 Å². The third-order valence-corrected chi connectivity index (χ3v) is 5.05. The largest absolute Gasteiger partial charge is 0.230 e. The fraction of sp³-hybridized carbons (Fsp3) is 0.0714. The number of nitrogens with zero attached hydrogens (tertiary/aromatic N) is 1. The molecule has 1 aromatic heterocycles. The van der Waals surface area contributed by atoms with Gasteiger partial charge in [0.2, 0.25) is 0 Å². The van der Waals surface area contributed by atoms with Crippen molar-refractivity contribution in [2.45, 2.75) is 10.1 Å². The average Bonchev–Trinajstić information content (AvgIpc) is 2.88. The maximum absolute atomic E-state index is 13.6. The lowest BCUT2D eigenvalue weighted by Gasteiger charge is -1.99. The molecule has 0 atom stereocenters. The fourth-order valence-corrected chi connectivity index (χ4v) is 3.77. The molecule has 7 heteroatoms. The van der Waals surface area contributed by atoms with E-state index in [4.69, 9.17) is 0 Å². The highest BCUT2D eigenvalue weighted by Gasteiger charge is 2.13. The van der Waals surface area contributed by atoms with Crippen molar-refractivity contribution in [1.82, 2.24) is 4.98 Å². The molecule has 1 heterocycles. The Balaban J connectivity index is 1.82. The minimum atomic E-state index is -0.914. The van der Waals surface area contributed by atoms with E-state index in [1.54, 1.807) is 0 Å². The van der Waals surface area contributed by atoms with Gasteiger partial charge in [-0.3, -0.25) is 0 Å². The van der Waals surface area contributed by atoms with Gasteiger partial charge < -0.3 is 0 Å². The number of halogens is 4. The molecule has 0 N–H and O–H groups in total. The maximum Gasteiger partial charge on any atom is 0.178 e. The Labute approximate surface area is 125 Å². The fourth-order valence-electron chi connectivity index (χ4n) is 1.75. The first-order valence-electron chi connectivity index (χ1n) is 5.86. The van der Waals surface area contributed by atoms with Crippen LogP contribution >= 0.6 is 23.1 Å². The average molecular weight is 329 g/mol. The number of fused-ring (bicyclic) bond motifs is 1. The zero-order valence-electron chi connectivity index (χ0n) is 10.4. The molecule has 3 rings (SSSR count). The summed E-state index contributed by atoms with van der Waals surface area (Å²) in [7, 11) is 0. The second-order valence-corrected chi connectivity index (χ2v) is 6.45. The predicted molar refractivity (Wildman–Crippen MR) is 75.5 cm³/mol. The number of aromatic nitrogens is 1. The highest BCUT2D eigenvalue weighted by molar-refractivity contribution is 8.00. The predicted octanol–water partition coefficient (Wildman–Crippen LogP) is 5.15. The van der Waals surface area contributed by atoms with Gasteiger partial charge in [-0.05, 0) is 29.8 Å². The van der Waals surface area contributed by atoms with Crippen LogP contribution in [0.25, 0.3) is 10.2 Å². The summed E-state index contributed by atoms with van der Waals surface area (Å²) in [6, 6.07) is 6.07. The van der Waals surface area contributed by atoms with Gasteiger partial charge in [0.1, 0.15) is 0 Å². The molecule has 0 bridgehead atoms. The van der Waals surface area contributed by atoms with Crippen molar-refractivity contribution in [1.29, 1.82) is 0 Å². The zero-order valence-corrected chi connectivity index (χ0v) is 12.0. The third kappa shape index (κ3) is 2.89. The lowest BCUT2D eigenvalue weighted by Crippen LogP contribution is -1.87. The van der Waals surface area contributed by atoms with E-state index < -0.39 is 23.3 Å². The summed E-state index contributed by atoms with van der Waals surface area (Å²) in [5, 5.41) is 0. The first-order valence-corrected chi connectivity index (χ1v) is 7.66. The molecule has 0 aliphatic carbocycles. The molecule has 0 radical (unpaired) electrons. The van der Waals surface area contributed by atoms with Crippen molar-refractivity contribution in [2.24, 2.45) is 0 Å². The number of rotatable bonds is 3. The van der Waals surface area contributed by atoms with Crippen molar-refractivity contribution >= 4 is 33.3 Å². The zero-order chi connectivity index (χ0) is 15.0. The molecule has 21 heavy (non-hydrogen) atoms. The summed E-state index contributed by atoms with van der Waals surface area (Å²) in [6.45, 7) is 0. The summed E-state index contributed by atoms with van der Waals surface area (Å²) in [5.41, 5.74) is 0.969. The number of thioether (sulfide) groups is 1. The van der Waals surface area contributed by atoms with Gasteiger partial charge in [-0.25, -0.2) is 22.5 Å². The summed E-state index contributed by atoms with van der Waals surface area (Å²) < 4.78 is 53.3. The lowest BCUT2D eigenvalue weighted by molar-refractivity contribution is 0.507. The van der Waals surface area contributed by atoms with Crippen LogP contribution in [0.1, 0.15) is 5.56 Å². The van der Waals surface area contributed by atoms with E-state index in [1.165, 1.54) is 23.9 Å². The van der Waals surface area contributed by atoms with E-state index in [-0.39, 0.29) is 4.70 Å². The summed E-state index contributed by atoms with van der Waals surface area (Å²) >= 11 is 2.29. The molecule has 0 aliphatic heterocycles. The van der Waals surface area contributed by atoms with E-state index in [9.17, 15) is 17.6 Å². The third-order valence-electron chi connectivity index (χ3n) is 2.78. The van der Waals surface area contributed by atoms with Crippen LogP contribution in [0.15, 0.2) is 34.7 Å². The van der Waals surface area contributed by atoms with E-state index in [0.29, 0.717) is 21.2 Å². The van der Waals surface area contributed by atoms with Crippen LogP contribution in [-0.4, -0.2) is 4.98 Å². The van der Waals surface area contributed by atoms with E-state index in [2.05, 4.69) is 4.98 Å². The molecule has 3 aromatic rings. The number of benzene rings is 2. The standard InChI is InChI=1S/C14H7F4NS2/c15-8-2-1-7(5-10(8)17)6-20-14-19-11-4-3-9(16)12(18)13(11)21-14/h1-5H,6H2. The molecule has 0 saturated heterocycles. The highest BCUT2D eigenvalue weighted by atomic mass is 32.2. The monoisotopic (exact) mass is 329 g/mol. The SMILES string of the molecule is Fc1ccc(CSc2nc3ccc(F)c(F)c3s2)cc1F. The molecule has 108 valence electrons. The van der Waals surface area contributed by atoms with Crippen molar-refractivity contribution in [2.75, 3.05) is 0 Å². The van der Waals surface area contributed by atoms with Gasteiger partial charge in [0.15, 0.2) is 27.6 Å². The highest BCUT2D eigenvalue weighted by Crippen LogP contribution is 2.33. The minimum Gasteiger partial charge on any atom is -0.230 e. The molecule has 0 unspecified atom stereocenters. The number of hydrogen-bond donors (Lipinski definition) is 0. The number of thiazole rings is 1. The Morgan fingerprint density at radius 3 is 2.48 bits per heavy atom. The van der Waals surface area contributed by atoms with Gasteiger partial charge in [0.25, 0.3) is 0 Å². The van der Waals surface area contributed by atoms with Crippen LogP contribution < -0.4 is 0 Å². The second kappa shape index (κ2) is 5.65. The van der Waals surface area contributed by atoms with Gasteiger partial charge in [-0.2, -0.15) is 0 Å². The summed E-state index contributed by atoms with van der Waals surface area (Å²) in [6.07, 6.45) is 0. The van der Waals surface area contributed by atoms with Gasteiger partial charge in [-0.15, -0.1) is 11.3 Å². The Morgan fingerprint density at radius 1 is 0.952 bits per heavy atom. The van der Waals surface area contributed by atoms with Gasteiger partial charge >= 0.3 is 0 Å². The van der Waals surface area contributed by atoms with E-state index >= 15 is 0 Å². The van der Waals surface area contributed by atoms with Crippen LogP contribution in [-0.2, 0) is 5.75 Å². The maximum atomic E-state index is 13.6. The van der Waals surface area contributed by atoms with Crippen molar-refractivity contribution in [3.63, 3.8) is 0 Å². The molecule has 0 amide bonds. The first-order chi connectivity index (χ1) is 10.0. The molecular formula is C14H7F4NS2. The smallest absolute Gasteiger partial charge is 0.178 e. The molecular weight excluding hydrogens is 322 g/mol. The normalized spacial score (nSPS) is 11.2. The Kier molecular flexibility index (Phi) is 3.86. The van der Waals surface area contributed by atoms with Crippen LogP contribution in [0.3, 0.4) is 0 Å². The van der Waals surface area contributed by atoms with Crippen LogP contribution in [0.4, 0.5) is 17.6 Å². The molecule has 0 aliphatic rings. The molecule has 0 saturated carbocycles.